The van der Waals surface area contributed by atoms with E-state index in [1.165, 1.54) is 0 Å². The number of allylic oxidation sites excluding steroid dienone is 1. The van der Waals surface area contributed by atoms with E-state index in [0.29, 0.717) is 10.6 Å². The van der Waals surface area contributed by atoms with E-state index in [0.717, 1.165) is 6.08 Å². The van der Waals surface area contributed by atoms with Crippen LogP contribution in [0.25, 0.3) is 5.57 Å². The maximum atomic E-state index is 13.0. The third kappa shape index (κ3) is 2.64. The average molecular weight is 259 g/mol. The highest BCUT2D eigenvalue weighted by molar-refractivity contribution is 6.30. The Morgan fingerprint density at radius 3 is 2.35 bits per heavy atom. The van der Waals surface area contributed by atoms with Gasteiger partial charge in [0.1, 0.15) is 0 Å². The van der Waals surface area contributed by atoms with Crippen LogP contribution in [0.4, 0.5) is 8.78 Å². The van der Waals surface area contributed by atoms with Crippen LogP contribution in [0.1, 0.15) is 12.0 Å². The second kappa shape index (κ2) is 4.11. The molecule has 0 aliphatic heterocycles. The van der Waals surface area contributed by atoms with Crippen molar-refractivity contribution in [1.82, 2.24) is 0 Å². The molecule has 1 saturated carbocycles. The maximum Gasteiger partial charge on any atom is 0.328 e. The minimum Gasteiger partial charge on any atom is -0.478 e. The van der Waals surface area contributed by atoms with Crippen molar-refractivity contribution in [3.63, 3.8) is 0 Å². The zero-order chi connectivity index (χ0) is 12.6. The van der Waals surface area contributed by atoms with Gasteiger partial charge in [0.25, 0.3) is 5.92 Å². The Labute approximate surface area is 102 Å². The molecule has 0 spiro atoms. The predicted octanol–water partition coefficient (Wildman–Crippen LogP) is 3.46. The minimum absolute atomic E-state index is 0.152. The number of alkyl halides is 2. The first kappa shape index (κ1) is 12.0. The number of halogens is 3. The zero-order valence-electron chi connectivity index (χ0n) is 8.66. The van der Waals surface area contributed by atoms with E-state index >= 15 is 0 Å². The summed E-state index contributed by atoms with van der Waals surface area (Å²) in [7, 11) is 0. The molecule has 0 saturated heterocycles. The van der Waals surface area contributed by atoms with Gasteiger partial charge in [0, 0.05) is 17.5 Å². The van der Waals surface area contributed by atoms with Crippen LogP contribution in [0.5, 0.6) is 0 Å². The molecular formula is C12H9ClF2O2. The molecule has 0 bridgehead atoms. The van der Waals surface area contributed by atoms with E-state index in [-0.39, 0.29) is 12.0 Å². The van der Waals surface area contributed by atoms with Crippen LogP contribution in [0.3, 0.4) is 0 Å². The SMILES string of the molecule is O=C(O)C=C(c1ccc(Cl)cc1)C1CC1(F)F. The minimum atomic E-state index is -2.79. The zero-order valence-corrected chi connectivity index (χ0v) is 9.42. The average Bonchev–Trinajstić information content (AvgIpc) is 2.85. The van der Waals surface area contributed by atoms with Gasteiger partial charge < -0.3 is 5.11 Å². The molecule has 5 heteroatoms. The maximum absolute atomic E-state index is 13.0. The lowest BCUT2D eigenvalue weighted by atomic mass is 10.0. The third-order valence-corrected chi connectivity index (χ3v) is 2.91. The number of rotatable bonds is 3. The monoisotopic (exact) mass is 258 g/mol. The number of carbonyl (C=O) groups is 1. The van der Waals surface area contributed by atoms with Crippen LogP contribution in [-0.4, -0.2) is 17.0 Å². The molecule has 1 aromatic carbocycles. The van der Waals surface area contributed by atoms with Gasteiger partial charge in [-0.3, -0.25) is 0 Å². The summed E-state index contributed by atoms with van der Waals surface area (Å²) < 4.78 is 26.0. The normalized spacial score (nSPS) is 22.3. The Kier molecular flexibility index (Phi) is 2.91. The van der Waals surface area contributed by atoms with Gasteiger partial charge in [0.15, 0.2) is 0 Å². The van der Waals surface area contributed by atoms with Gasteiger partial charge in [-0.1, -0.05) is 23.7 Å². The predicted molar refractivity (Wildman–Crippen MR) is 60.1 cm³/mol. The second-order valence-electron chi connectivity index (χ2n) is 3.96. The molecular weight excluding hydrogens is 250 g/mol. The van der Waals surface area contributed by atoms with Crippen molar-refractivity contribution in [3.8, 4) is 0 Å². The van der Waals surface area contributed by atoms with E-state index < -0.39 is 17.8 Å². The van der Waals surface area contributed by atoms with E-state index in [9.17, 15) is 13.6 Å². The highest BCUT2D eigenvalue weighted by Crippen LogP contribution is 2.55. The molecule has 1 unspecified atom stereocenters. The number of carboxylic acid groups (broad SMARTS) is 1. The topological polar surface area (TPSA) is 37.3 Å². The first-order chi connectivity index (χ1) is 7.90. The van der Waals surface area contributed by atoms with Gasteiger partial charge in [-0.15, -0.1) is 0 Å². The fourth-order valence-corrected chi connectivity index (χ4v) is 1.84. The lowest BCUT2D eigenvalue weighted by Crippen LogP contribution is -2.00. The quantitative estimate of drug-likeness (QED) is 0.843. The summed E-state index contributed by atoms with van der Waals surface area (Å²) in [6.07, 6.45) is 0.545. The Morgan fingerprint density at radius 1 is 1.41 bits per heavy atom. The Hall–Kier alpha value is -1.42. The highest BCUT2D eigenvalue weighted by atomic mass is 35.5. The summed E-state index contributed by atoms with van der Waals surface area (Å²) in [6.45, 7) is 0. The largest absolute Gasteiger partial charge is 0.478 e. The molecule has 2 rings (SSSR count). The van der Waals surface area contributed by atoms with E-state index in [1.807, 2.05) is 0 Å². The Balaban J connectivity index is 2.35. The number of hydrogen-bond donors (Lipinski definition) is 1. The van der Waals surface area contributed by atoms with Crippen molar-refractivity contribution in [2.75, 3.05) is 0 Å². The van der Waals surface area contributed by atoms with Crippen LogP contribution in [0.15, 0.2) is 30.3 Å². The lowest BCUT2D eigenvalue weighted by Gasteiger charge is -2.06. The number of aliphatic carboxylic acids is 1. The first-order valence-corrected chi connectivity index (χ1v) is 5.36. The summed E-state index contributed by atoms with van der Waals surface area (Å²) >= 11 is 5.69. The van der Waals surface area contributed by atoms with Crippen molar-refractivity contribution in [2.45, 2.75) is 12.3 Å². The van der Waals surface area contributed by atoms with Crippen molar-refractivity contribution >= 4 is 23.1 Å². The number of hydrogen-bond acceptors (Lipinski definition) is 1. The van der Waals surface area contributed by atoms with Gasteiger partial charge in [-0.25, -0.2) is 13.6 Å². The summed E-state index contributed by atoms with van der Waals surface area (Å²) in [5.74, 6) is -5.02. The van der Waals surface area contributed by atoms with E-state index in [1.54, 1.807) is 24.3 Å². The van der Waals surface area contributed by atoms with Crippen LogP contribution in [0.2, 0.25) is 5.02 Å². The molecule has 1 N–H and O–H groups in total. The molecule has 90 valence electrons. The third-order valence-electron chi connectivity index (χ3n) is 2.66. The van der Waals surface area contributed by atoms with Crippen LogP contribution in [-0.2, 0) is 4.79 Å². The molecule has 17 heavy (non-hydrogen) atoms. The fraction of sp³-hybridized carbons (Fsp3) is 0.250. The molecule has 1 atom stereocenters. The van der Waals surface area contributed by atoms with Gasteiger partial charge >= 0.3 is 5.97 Å². The van der Waals surface area contributed by atoms with Crippen molar-refractivity contribution in [3.05, 3.63) is 40.9 Å². The van der Waals surface area contributed by atoms with Crippen LogP contribution >= 0.6 is 11.6 Å². The molecule has 1 aromatic rings. The van der Waals surface area contributed by atoms with Crippen molar-refractivity contribution < 1.29 is 18.7 Å². The summed E-state index contributed by atoms with van der Waals surface area (Å²) in [5.41, 5.74) is 0.623. The highest BCUT2D eigenvalue weighted by Gasteiger charge is 2.58. The number of carboxylic acids is 1. The molecule has 2 nitrogen and oxygen atoms in total. The Bertz CT molecular complexity index is 480. The van der Waals surface area contributed by atoms with Gasteiger partial charge in [-0.05, 0) is 23.3 Å². The molecule has 1 fully saturated rings. The van der Waals surface area contributed by atoms with Crippen molar-refractivity contribution in [1.29, 1.82) is 0 Å². The summed E-state index contributed by atoms with van der Waals surface area (Å²) in [4.78, 5) is 10.6. The van der Waals surface area contributed by atoms with Crippen molar-refractivity contribution in [2.24, 2.45) is 5.92 Å². The van der Waals surface area contributed by atoms with Crippen LogP contribution < -0.4 is 0 Å². The lowest BCUT2D eigenvalue weighted by molar-refractivity contribution is -0.131. The van der Waals surface area contributed by atoms with E-state index in [4.69, 9.17) is 16.7 Å². The summed E-state index contributed by atoms with van der Waals surface area (Å²) in [5, 5.41) is 9.18. The first-order valence-electron chi connectivity index (χ1n) is 4.98. The molecule has 1 aliphatic carbocycles. The van der Waals surface area contributed by atoms with Gasteiger partial charge in [-0.2, -0.15) is 0 Å². The van der Waals surface area contributed by atoms with E-state index in [2.05, 4.69) is 0 Å². The molecule has 0 heterocycles. The molecule has 1 aliphatic rings. The van der Waals surface area contributed by atoms with Gasteiger partial charge in [0.2, 0.25) is 0 Å². The molecule has 0 aromatic heterocycles. The fourth-order valence-electron chi connectivity index (χ4n) is 1.71. The van der Waals surface area contributed by atoms with Gasteiger partial charge in [0.05, 0.1) is 5.92 Å². The summed E-state index contributed by atoms with van der Waals surface area (Å²) in [6, 6.07) is 6.19. The number of benzene rings is 1. The second-order valence-corrected chi connectivity index (χ2v) is 4.40. The van der Waals surface area contributed by atoms with Crippen LogP contribution in [0, 0.1) is 5.92 Å². The molecule has 0 radical (unpaired) electrons. The Morgan fingerprint density at radius 2 is 1.94 bits per heavy atom. The standard InChI is InChI=1S/C12H9ClF2O2/c13-8-3-1-7(2-4-8)9(5-11(16)17)10-6-12(10,14)15/h1-5,10H,6H2,(H,16,17). The molecule has 0 amide bonds. The smallest absolute Gasteiger partial charge is 0.328 e.